The molecule has 0 bridgehead atoms. The summed E-state index contributed by atoms with van der Waals surface area (Å²) >= 11 is 0. The van der Waals surface area contributed by atoms with Crippen LogP contribution in [0.25, 0.3) is 0 Å². The number of fused-ring (bicyclic) bond motifs is 1. The van der Waals surface area contributed by atoms with Gasteiger partial charge < -0.3 is 19.5 Å². The monoisotopic (exact) mass is 293 g/mol. The van der Waals surface area contributed by atoms with E-state index in [1.165, 1.54) is 0 Å². The quantitative estimate of drug-likeness (QED) is 0.907. The Labute approximate surface area is 125 Å². The SMILES string of the molecule is CCC(C)(CC)NC(=O)c1cc(OC)c2c(c1)OCCO2. The second kappa shape index (κ2) is 6.24. The van der Waals surface area contributed by atoms with E-state index >= 15 is 0 Å². The first-order valence-electron chi connectivity index (χ1n) is 7.33. The third-order valence-corrected chi connectivity index (χ3v) is 4.07. The maximum absolute atomic E-state index is 12.5. The van der Waals surface area contributed by atoms with Crippen molar-refractivity contribution in [3.05, 3.63) is 17.7 Å². The van der Waals surface area contributed by atoms with Crippen LogP contribution in [0, 0.1) is 0 Å². The molecule has 0 saturated carbocycles. The maximum atomic E-state index is 12.5. The fraction of sp³-hybridized carbons (Fsp3) is 0.562. The minimum Gasteiger partial charge on any atom is -0.493 e. The minimum absolute atomic E-state index is 0.128. The Bertz CT molecular complexity index is 506. The van der Waals surface area contributed by atoms with Crippen LogP contribution in [0.4, 0.5) is 0 Å². The van der Waals surface area contributed by atoms with E-state index in [-0.39, 0.29) is 11.4 Å². The van der Waals surface area contributed by atoms with Crippen molar-refractivity contribution in [1.29, 1.82) is 0 Å². The van der Waals surface area contributed by atoms with Crippen molar-refractivity contribution in [2.24, 2.45) is 0 Å². The maximum Gasteiger partial charge on any atom is 0.251 e. The van der Waals surface area contributed by atoms with E-state index in [4.69, 9.17) is 14.2 Å². The summed E-state index contributed by atoms with van der Waals surface area (Å²) in [7, 11) is 1.55. The molecule has 0 spiro atoms. The van der Waals surface area contributed by atoms with Crippen molar-refractivity contribution in [3.63, 3.8) is 0 Å². The summed E-state index contributed by atoms with van der Waals surface area (Å²) in [5.74, 6) is 1.51. The number of rotatable bonds is 5. The Balaban J connectivity index is 2.29. The number of hydrogen-bond acceptors (Lipinski definition) is 4. The zero-order chi connectivity index (χ0) is 15.5. The molecule has 21 heavy (non-hydrogen) atoms. The van der Waals surface area contributed by atoms with Gasteiger partial charge in [-0.05, 0) is 31.9 Å². The van der Waals surface area contributed by atoms with E-state index < -0.39 is 0 Å². The average molecular weight is 293 g/mol. The van der Waals surface area contributed by atoms with Crippen LogP contribution in [0.5, 0.6) is 17.2 Å². The van der Waals surface area contributed by atoms with Gasteiger partial charge >= 0.3 is 0 Å². The standard InChI is InChI=1S/C16H23NO4/c1-5-16(3,6-2)17-15(18)11-9-12(19-4)14-13(10-11)20-7-8-21-14/h9-10H,5-8H2,1-4H3,(H,17,18). The van der Waals surface area contributed by atoms with Crippen LogP contribution < -0.4 is 19.5 Å². The normalized spacial score (nSPS) is 13.7. The summed E-state index contributed by atoms with van der Waals surface area (Å²) < 4.78 is 16.4. The van der Waals surface area contributed by atoms with E-state index in [9.17, 15) is 4.79 Å². The molecule has 116 valence electrons. The highest BCUT2D eigenvalue weighted by Gasteiger charge is 2.25. The number of benzene rings is 1. The van der Waals surface area contributed by atoms with Gasteiger partial charge in [0.1, 0.15) is 13.2 Å². The average Bonchev–Trinajstić information content (AvgIpc) is 2.53. The summed E-state index contributed by atoms with van der Waals surface area (Å²) in [6.45, 7) is 7.13. The second-order valence-electron chi connectivity index (χ2n) is 5.42. The Morgan fingerprint density at radius 2 is 1.95 bits per heavy atom. The van der Waals surface area contributed by atoms with Crippen LogP contribution >= 0.6 is 0 Å². The minimum atomic E-state index is -0.211. The van der Waals surface area contributed by atoms with Gasteiger partial charge in [0, 0.05) is 11.1 Å². The van der Waals surface area contributed by atoms with Gasteiger partial charge in [-0.3, -0.25) is 4.79 Å². The molecule has 0 atom stereocenters. The van der Waals surface area contributed by atoms with E-state index in [0.717, 1.165) is 12.8 Å². The highest BCUT2D eigenvalue weighted by molar-refractivity contribution is 5.96. The molecule has 0 fully saturated rings. The summed E-state index contributed by atoms with van der Waals surface area (Å²) in [5.41, 5.74) is 0.307. The number of ether oxygens (including phenoxy) is 3. The molecule has 0 aliphatic carbocycles. The summed E-state index contributed by atoms with van der Waals surface area (Å²) in [4.78, 5) is 12.5. The lowest BCUT2D eigenvalue weighted by atomic mass is 9.95. The van der Waals surface area contributed by atoms with Crippen LogP contribution in [-0.4, -0.2) is 31.8 Å². The third-order valence-electron chi connectivity index (χ3n) is 4.07. The van der Waals surface area contributed by atoms with Crippen LogP contribution in [0.1, 0.15) is 44.0 Å². The Kier molecular flexibility index (Phi) is 4.60. The van der Waals surface area contributed by atoms with Crippen LogP contribution in [0.2, 0.25) is 0 Å². The molecule has 0 radical (unpaired) electrons. The van der Waals surface area contributed by atoms with Crippen molar-refractivity contribution in [3.8, 4) is 17.2 Å². The Morgan fingerprint density at radius 1 is 1.29 bits per heavy atom. The molecule has 1 N–H and O–H groups in total. The predicted octanol–water partition coefficient (Wildman–Crippen LogP) is 2.77. The topological polar surface area (TPSA) is 56.8 Å². The molecule has 1 aliphatic rings. The zero-order valence-corrected chi connectivity index (χ0v) is 13.1. The van der Waals surface area contributed by atoms with Crippen molar-refractivity contribution >= 4 is 5.91 Å². The van der Waals surface area contributed by atoms with E-state index in [1.807, 2.05) is 6.92 Å². The number of methoxy groups -OCH3 is 1. The van der Waals surface area contributed by atoms with Crippen LogP contribution in [0.3, 0.4) is 0 Å². The number of hydrogen-bond donors (Lipinski definition) is 1. The van der Waals surface area contributed by atoms with E-state index in [2.05, 4.69) is 19.2 Å². The molecule has 0 saturated heterocycles. The highest BCUT2D eigenvalue weighted by atomic mass is 16.6. The molecule has 1 aromatic carbocycles. The smallest absolute Gasteiger partial charge is 0.251 e. The van der Waals surface area contributed by atoms with Crippen molar-refractivity contribution in [2.75, 3.05) is 20.3 Å². The predicted molar refractivity (Wildman–Crippen MR) is 80.4 cm³/mol. The van der Waals surface area contributed by atoms with Gasteiger partial charge in [-0.1, -0.05) is 13.8 Å². The number of amides is 1. The highest BCUT2D eigenvalue weighted by Crippen LogP contribution is 2.40. The van der Waals surface area contributed by atoms with Gasteiger partial charge in [0.05, 0.1) is 7.11 Å². The van der Waals surface area contributed by atoms with E-state index in [1.54, 1.807) is 19.2 Å². The van der Waals surface area contributed by atoms with Crippen molar-refractivity contribution in [2.45, 2.75) is 39.2 Å². The molecule has 0 unspecified atom stereocenters. The van der Waals surface area contributed by atoms with Gasteiger partial charge in [0.15, 0.2) is 11.5 Å². The first-order valence-corrected chi connectivity index (χ1v) is 7.33. The van der Waals surface area contributed by atoms with Gasteiger partial charge in [-0.15, -0.1) is 0 Å². The fourth-order valence-corrected chi connectivity index (χ4v) is 2.18. The molecule has 2 rings (SSSR count). The van der Waals surface area contributed by atoms with Gasteiger partial charge in [-0.2, -0.15) is 0 Å². The molecule has 1 aromatic rings. The molecule has 1 aliphatic heterocycles. The summed E-state index contributed by atoms with van der Waals surface area (Å²) in [6.07, 6.45) is 1.74. The first-order chi connectivity index (χ1) is 10.0. The molecule has 1 heterocycles. The fourth-order valence-electron chi connectivity index (χ4n) is 2.18. The Hall–Kier alpha value is -1.91. The number of nitrogens with one attached hydrogen (secondary N) is 1. The first kappa shape index (κ1) is 15.5. The molecular formula is C16H23NO4. The largest absolute Gasteiger partial charge is 0.493 e. The molecule has 1 amide bonds. The molecule has 0 aromatic heterocycles. The third kappa shape index (κ3) is 3.23. The Morgan fingerprint density at radius 3 is 2.57 bits per heavy atom. The van der Waals surface area contributed by atoms with Gasteiger partial charge in [0.25, 0.3) is 5.91 Å². The van der Waals surface area contributed by atoms with Crippen LogP contribution in [-0.2, 0) is 0 Å². The lowest BCUT2D eigenvalue weighted by molar-refractivity contribution is 0.0899. The molecule has 5 nitrogen and oxygen atoms in total. The molecule has 5 heteroatoms. The van der Waals surface area contributed by atoms with Crippen molar-refractivity contribution in [1.82, 2.24) is 5.32 Å². The summed E-state index contributed by atoms with van der Waals surface area (Å²) in [6, 6.07) is 3.40. The lowest BCUT2D eigenvalue weighted by Gasteiger charge is -2.28. The van der Waals surface area contributed by atoms with E-state index in [0.29, 0.717) is 36.0 Å². The van der Waals surface area contributed by atoms with Gasteiger partial charge in [0.2, 0.25) is 5.75 Å². The molecular weight excluding hydrogens is 270 g/mol. The van der Waals surface area contributed by atoms with Crippen LogP contribution in [0.15, 0.2) is 12.1 Å². The van der Waals surface area contributed by atoms with Gasteiger partial charge in [-0.25, -0.2) is 0 Å². The zero-order valence-electron chi connectivity index (χ0n) is 13.1. The second-order valence-corrected chi connectivity index (χ2v) is 5.42. The number of carbonyl (C=O) groups excluding carboxylic acids is 1. The summed E-state index contributed by atoms with van der Waals surface area (Å²) in [5, 5.41) is 3.08. The lowest BCUT2D eigenvalue weighted by Crippen LogP contribution is -2.45. The van der Waals surface area contributed by atoms with Crippen molar-refractivity contribution < 1.29 is 19.0 Å². The number of carbonyl (C=O) groups is 1.